The Morgan fingerprint density at radius 1 is 1.20 bits per heavy atom. The third-order valence-corrected chi connectivity index (χ3v) is 6.17. The predicted molar refractivity (Wildman–Crippen MR) is 79.8 cm³/mol. The minimum absolute atomic E-state index is 0.347. The first-order chi connectivity index (χ1) is 9.81. The number of carbonyl (C=O) groups is 1. The fraction of sp³-hybridized carbons (Fsp3) is 0.733. The lowest BCUT2D eigenvalue weighted by molar-refractivity contribution is -0.137. The van der Waals surface area contributed by atoms with Crippen LogP contribution in [-0.4, -0.2) is 42.0 Å². The second-order valence-corrected chi connectivity index (χ2v) is 7.28. The first-order valence-corrected chi connectivity index (χ1v) is 8.62. The lowest BCUT2D eigenvalue weighted by Crippen LogP contribution is -2.51. The van der Waals surface area contributed by atoms with Gasteiger partial charge >= 0.3 is 0 Å². The molecule has 0 unspecified atom stereocenters. The summed E-state index contributed by atoms with van der Waals surface area (Å²) in [5.74, 6) is 2.34. The van der Waals surface area contributed by atoms with E-state index in [1.807, 2.05) is 11.6 Å². The van der Waals surface area contributed by atoms with E-state index < -0.39 is 0 Å². The maximum atomic E-state index is 12.7. The Labute approximate surface area is 123 Å². The van der Waals surface area contributed by atoms with E-state index in [0.29, 0.717) is 17.7 Å². The summed E-state index contributed by atoms with van der Waals surface area (Å²) in [4.78, 5) is 21.4. The molecule has 1 saturated heterocycles. The van der Waals surface area contributed by atoms with Gasteiger partial charge in [0, 0.05) is 43.7 Å². The molecule has 4 rings (SSSR count). The molecule has 1 aromatic rings. The Morgan fingerprint density at radius 2 is 2.05 bits per heavy atom. The van der Waals surface area contributed by atoms with Crippen molar-refractivity contribution >= 4 is 22.4 Å². The van der Waals surface area contributed by atoms with Crippen LogP contribution in [0.3, 0.4) is 0 Å². The summed E-state index contributed by atoms with van der Waals surface area (Å²) >= 11 is 1.69. The highest BCUT2D eigenvalue weighted by Gasteiger charge is 2.44. The first-order valence-electron chi connectivity index (χ1n) is 7.74. The van der Waals surface area contributed by atoms with Crippen LogP contribution in [0.4, 0.5) is 5.13 Å². The molecule has 2 aliphatic carbocycles. The van der Waals surface area contributed by atoms with E-state index in [0.717, 1.165) is 43.6 Å². The van der Waals surface area contributed by atoms with Gasteiger partial charge in [-0.2, -0.15) is 0 Å². The molecular formula is C15H21N3OS. The van der Waals surface area contributed by atoms with Gasteiger partial charge in [0.2, 0.25) is 5.91 Å². The van der Waals surface area contributed by atoms with Gasteiger partial charge in [0.1, 0.15) is 0 Å². The summed E-state index contributed by atoms with van der Waals surface area (Å²) in [5, 5.41) is 3.11. The van der Waals surface area contributed by atoms with Gasteiger partial charge < -0.3 is 9.80 Å². The second kappa shape index (κ2) is 5.02. The van der Waals surface area contributed by atoms with Crippen molar-refractivity contribution in [3.05, 3.63) is 11.6 Å². The van der Waals surface area contributed by atoms with Gasteiger partial charge in [0.05, 0.1) is 0 Å². The molecule has 108 valence electrons. The number of hydrogen-bond donors (Lipinski definition) is 0. The fourth-order valence-corrected chi connectivity index (χ4v) is 4.97. The molecule has 20 heavy (non-hydrogen) atoms. The lowest BCUT2D eigenvalue weighted by Gasteiger charge is -2.37. The number of nitrogens with zero attached hydrogens (tertiary/aromatic N) is 3. The molecule has 1 amide bonds. The van der Waals surface area contributed by atoms with Gasteiger partial charge in [-0.25, -0.2) is 4.98 Å². The molecule has 3 fully saturated rings. The minimum Gasteiger partial charge on any atom is -0.345 e. The van der Waals surface area contributed by atoms with Crippen molar-refractivity contribution in [2.75, 3.05) is 31.1 Å². The summed E-state index contributed by atoms with van der Waals surface area (Å²) in [6, 6.07) is 0. The third-order valence-electron chi connectivity index (χ3n) is 5.34. The van der Waals surface area contributed by atoms with Gasteiger partial charge in [-0.05, 0) is 31.1 Å². The quantitative estimate of drug-likeness (QED) is 0.838. The van der Waals surface area contributed by atoms with Crippen molar-refractivity contribution in [3.63, 3.8) is 0 Å². The van der Waals surface area contributed by atoms with Gasteiger partial charge in [-0.15, -0.1) is 11.3 Å². The molecule has 3 atom stereocenters. The fourth-order valence-electron chi connectivity index (χ4n) is 4.27. The normalized spacial score (nSPS) is 32.9. The van der Waals surface area contributed by atoms with Gasteiger partial charge in [0.25, 0.3) is 0 Å². The Kier molecular flexibility index (Phi) is 3.17. The van der Waals surface area contributed by atoms with Crippen LogP contribution in [0.15, 0.2) is 11.6 Å². The molecule has 5 heteroatoms. The average molecular weight is 291 g/mol. The Bertz CT molecular complexity index is 481. The third kappa shape index (κ3) is 2.12. The summed E-state index contributed by atoms with van der Waals surface area (Å²) in [6.07, 6.45) is 6.99. The number of aromatic nitrogens is 1. The van der Waals surface area contributed by atoms with Crippen molar-refractivity contribution in [2.24, 2.45) is 17.8 Å². The molecule has 2 saturated carbocycles. The summed E-state index contributed by atoms with van der Waals surface area (Å²) in [5.41, 5.74) is 0. The van der Waals surface area contributed by atoms with E-state index in [9.17, 15) is 4.79 Å². The second-order valence-electron chi connectivity index (χ2n) is 6.41. The van der Waals surface area contributed by atoms with Crippen LogP contribution in [0.25, 0.3) is 0 Å². The van der Waals surface area contributed by atoms with Crippen LogP contribution >= 0.6 is 11.3 Å². The number of thiazole rings is 1. The van der Waals surface area contributed by atoms with Crippen LogP contribution in [0, 0.1) is 17.8 Å². The molecule has 0 spiro atoms. The van der Waals surface area contributed by atoms with Gasteiger partial charge in [-0.1, -0.05) is 6.42 Å². The van der Waals surface area contributed by atoms with Gasteiger partial charge in [0.15, 0.2) is 5.13 Å². The zero-order chi connectivity index (χ0) is 13.5. The largest absolute Gasteiger partial charge is 0.345 e. The van der Waals surface area contributed by atoms with E-state index in [1.54, 1.807) is 11.3 Å². The van der Waals surface area contributed by atoms with E-state index in [-0.39, 0.29) is 0 Å². The Balaban J connectivity index is 1.36. The van der Waals surface area contributed by atoms with Crippen molar-refractivity contribution in [1.82, 2.24) is 9.88 Å². The average Bonchev–Trinajstić information content (AvgIpc) is 3.23. The Morgan fingerprint density at radius 3 is 2.65 bits per heavy atom. The van der Waals surface area contributed by atoms with E-state index in [4.69, 9.17) is 0 Å². The number of piperazine rings is 1. The van der Waals surface area contributed by atoms with Crippen LogP contribution < -0.4 is 4.90 Å². The maximum absolute atomic E-state index is 12.7. The highest BCUT2D eigenvalue weighted by Crippen LogP contribution is 2.48. The highest BCUT2D eigenvalue weighted by molar-refractivity contribution is 7.13. The summed E-state index contributed by atoms with van der Waals surface area (Å²) < 4.78 is 0. The summed E-state index contributed by atoms with van der Waals surface area (Å²) in [6.45, 7) is 3.60. The van der Waals surface area contributed by atoms with Crippen LogP contribution in [0.5, 0.6) is 0 Å². The summed E-state index contributed by atoms with van der Waals surface area (Å²) in [7, 11) is 0. The van der Waals surface area contributed by atoms with E-state index in [1.165, 1.54) is 19.3 Å². The molecule has 1 aliphatic heterocycles. The van der Waals surface area contributed by atoms with E-state index in [2.05, 4.69) is 14.8 Å². The topological polar surface area (TPSA) is 36.4 Å². The number of hydrogen-bond acceptors (Lipinski definition) is 4. The molecule has 0 N–H and O–H groups in total. The lowest BCUT2D eigenvalue weighted by atomic mass is 9.87. The van der Waals surface area contributed by atoms with Crippen molar-refractivity contribution in [2.45, 2.75) is 25.7 Å². The van der Waals surface area contributed by atoms with Gasteiger partial charge in [-0.3, -0.25) is 4.79 Å². The van der Waals surface area contributed by atoms with Crippen LogP contribution in [0.2, 0.25) is 0 Å². The SMILES string of the molecule is O=C([C@H]1C[C@H]2CC[C@H]1C2)N1CCN(c2nccs2)CC1. The van der Waals surface area contributed by atoms with Crippen molar-refractivity contribution < 1.29 is 4.79 Å². The predicted octanol–water partition coefficient (Wildman–Crippen LogP) is 2.23. The number of fused-ring (bicyclic) bond motifs is 2. The minimum atomic E-state index is 0.347. The van der Waals surface area contributed by atoms with E-state index >= 15 is 0 Å². The van der Waals surface area contributed by atoms with Crippen LogP contribution in [0.1, 0.15) is 25.7 Å². The number of anilines is 1. The molecule has 2 bridgehead atoms. The molecule has 2 heterocycles. The monoisotopic (exact) mass is 291 g/mol. The molecule has 1 aromatic heterocycles. The standard InChI is InChI=1S/C15H21N3OS/c19-14(13-10-11-1-2-12(13)9-11)17-4-6-18(7-5-17)15-16-3-8-20-15/h3,8,11-13H,1-2,4-7,9-10H2/t11-,12-,13-/m0/s1. The zero-order valence-electron chi connectivity index (χ0n) is 11.7. The molecule has 3 aliphatic rings. The number of amides is 1. The first kappa shape index (κ1) is 12.6. The highest BCUT2D eigenvalue weighted by atomic mass is 32.1. The molecule has 0 aromatic carbocycles. The Hall–Kier alpha value is -1.10. The smallest absolute Gasteiger partial charge is 0.226 e. The maximum Gasteiger partial charge on any atom is 0.226 e. The number of carbonyl (C=O) groups excluding carboxylic acids is 1. The molecule has 4 nitrogen and oxygen atoms in total. The van der Waals surface area contributed by atoms with Crippen LogP contribution in [-0.2, 0) is 4.79 Å². The molecular weight excluding hydrogens is 270 g/mol. The molecule has 0 radical (unpaired) electrons. The van der Waals surface area contributed by atoms with Crippen molar-refractivity contribution in [1.29, 1.82) is 0 Å². The number of rotatable bonds is 2. The zero-order valence-corrected chi connectivity index (χ0v) is 12.5. The van der Waals surface area contributed by atoms with Crippen molar-refractivity contribution in [3.8, 4) is 0 Å².